The standard InChI is InChI=1S/C11H13N3O/c1-3-8-4-5-9-10(11(12)15)13-7(2)14(9)6-8/h4-6H,3H2,1-2H3,(H2,12,15). The fourth-order valence-electron chi connectivity index (χ4n) is 1.67. The van der Waals surface area contributed by atoms with E-state index in [0.717, 1.165) is 17.8 Å². The van der Waals surface area contributed by atoms with Crippen LogP contribution in [0.1, 0.15) is 28.8 Å². The van der Waals surface area contributed by atoms with Crippen LogP contribution in [0.15, 0.2) is 18.3 Å². The summed E-state index contributed by atoms with van der Waals surface area (Å²) in [6.45, 7) is 3.95. The van der Waals surface area contributed by atoms with Crippen LogP contribution in [-0.4, -0.2) is 15.3 Å². The molecule has 0 saturated heterocycles. The second-order valence-electron chi connectivity index (χ2n) is 3.52. The summed E-state index contributed by atoms with van der Waals surface area (Å²) in [5, 5.41) is 0. The number of nitrogens with zero attached hydrogens (tertiary/aromatic N) is 2. The maximum atomic E-state index is 11.1. The number of carbonyl (C=O) groups excluding carboxylic acids is 1. The molecule has 0 aliphatic carbocycles. The van der Waals surface area contributed by atoms with Crippen LogP contribution in [-0.2, 0) is 6.42 Å². The second-order valence-corrected chi connectivity index (χ2v) is 3.52. The molecule has 2 N–H and O–H groups in total. The first-order valence-corrected chi connectivity index (χ1v) is 4.91. The van der Waals surface area contributed by atoms with E-state index in [0.29, 0.717) is 5.69 Å². The molecule has 4 nitrogen and oxygen atoms in total. The zero-order valence-corrected chi connectivity index (χ0v) is 8.82. The van der Waals surface area contributed by atoms with Crippen molar-refractivity contribution < 1.29 is 4.79 Å². The molecule has 0 aromatic carbocycles. The van der Waals surface area contributed by atoms with E-state index in [4.69, 9.17) is 5.73 Å². The van der Waals surface area contributed by atoms with Gasteiger partial charge in [-0.3, -0.25) is 4.79 Å². The lowest BCUT2D eigenvalue weighted by molar-refractivity contribution is 0.0997. The van der Waals surface area contributed by atoms with Crippen molar-refractivity contribution in [3.63, 3.8) is 0 Å². The van der Waals surface area contributed by atoms with E-state index < -0.39 is 5.91 Å². The van der Waals surface area contributed by atoms with Crippen molar-refractivity contribution in [2.75, 3.05) is 0 Å². The van der Waals surface area contributed by atoms with Gasteiger partial charge >= 0.3 is 0 Å². The largest absolute Gasteiger partial charge is 0.364 e. The SMILES string of the molecule is CCc1ccc2c(C(N)=O)nc(C)n2c1. The van der Waals surface area contributed by atoms with Crippen LogP contribution in [0, 0.1) is 6.92 Å². The Hall–Kier alpha value is -1.84. The minimum Gasteiger partial charge on any atom is -0.364 e. The summed E-state index contributed by atoms with van der Waals surface area (Å²) < 4.78 is 1.90. The van der Waals surface area contributed by atoms with Crippen LogP contribution in [0.5, 0.6) is 0 Å². The Morgan fingerprint density at radius 2 is 2.27 bits per heavy atom. The van der Waals surface area contributed by atoms with Gasteiger partial charge in [0.05, 0.1) is 5.52 Å². The summed E-state index contributed by atoms with van der Waals surface area (Å²) in [5.41, 5.74) is 7.57. The van der Waals surface area contributed by atoms with E-state index in [-0.39, 0.29) is 0 Å². The van der Waals surface area contributed by atoms with Gasteiger partial charge < -0.3 is 10.1 Å². The lowest BCUT2D eigenvalue weighted by Gasteiger charge is -2.00. The van der Waals surface area contributed by atoms with E-state index in [1.807, 2.05) is 29.7 Å². The molecule has 2 heterocycles. The number of hydrogen-bond acceptors (Lipinski definition) is 2. The van der Waals surface area contributed by atoms with Crippen molar-refractivity contribution in [3.8, 4) is 0 Å². The fourth-order valence-corrected chi connectivity index (χ4v) is 1.67. The maximum Gasteiger partial charge on any atom is 0.269 e. The van der Waals surface area contributed by atoms with Crippen LogP contribution in [0.25, 0.3) is 5.52 Å². The van der Waals surface area contributed by atoms with Gasteiger partial charge in [0.25, 0.3) is 5.91 Å². The summed E-state index contributed by atoms with van der Waals surface area (Å²) in [6, 6.07) is 3.88. The molecule has 1 amide bonds. The monoisotopic (exact) mass is 203 g/mol. The first-order chi connectivity index (χ1) is 7.13. The summed E-state index contributed by atoms with van der Waals surface area (Å²) in [5.74, 6) is 0.305. The minimum absolute atomic E-state index is 0.343. The van der Waals surface area contributed by atoms with Gasteiger partial charge in [-0.15, -0.1) is 0 Å². The first-order valence-electron chi connectivity index (χ1n) is 4.91. The van der Waals surface area contributed by atoms with Crippen molar-refractivity contribution in [2.24, 2.45) is 5.73 Å². The minimum atomic E-state index is -0.482. The Morgan fingerprint density at radius 1 is 1.53 bits per heavy atom. The van der Waals surface area contributed by atoms with E-state index in [1.165, 1.54) is 5.56 Å². The maximum absolute atomic E-state index is 11.1. The van der Waals surface area contributed by atoms with Crippen molar-refractivity contribution in [1.82, 2.24) is 9.38 Å². The normalized spacial score (nSPS) is 10.8. The number of primary amides is 1. The first kappa shape index (κ1) is 9.71. The number of pyridine rings is 1. The number of aromatic nitrogens is 2. The molecule has 2 aromatic heterocycles. The van der Waals surface area contributed by atoms with Crippen molar-refractivity contribution >= 4 is 11.4 Å². The molecule has 2 rings (SSSR count). The summed E-state index contributed by atoms with van der Waals surface area (Å²) in [6.07, 6.45) is 2.95. The quantitative estimate of drug-likeness (QED) is 0.799. The van der Waals surface area contributed by atoms with Gasteiger partial charge in [0.1, 0.15) is 5.82 Å². The number of fused-ring (bicyclic) bond motifs is 1. The van der Waals surface area contributed by atoms with Gasteiger partial charge in [-0.1, -0.05) is 13.0 Å². The van der Waals surface area contributed by atoms with E-state index >= 15 is 0 Å². The molecule has 2 aromatic rings. The molecule has 0 aliphatic rings. The molecule has 0 radical (unpaired) electrons. The van der Waals surface area contributed by atoms with Gasteiger partial charge in [0, 0.05) is 6.20 Å². The molecule has 78 valence electrons. The number of carbonyl (C=O) groups is 1. The topological polar surface area (TPSA) is 60.4 Å². The molecule has 0 bridgehead atoms. The van der Waals surface area contributed by atoms with Gasteiger partial charge in [0.2, 0.25) is 0 Å². The third kappa shape index (κ3) is 1.48. The average Bonchev–Trinajstić information content (AvgIpc) is 2.56. The van der Waals surface area contributed by atoms with Crippen LogP contribution in [0.4, 0.5) is 0 Å². The van der Waals surface area contributed by atoms with Gasteiger partial charge in [-0.05, 0) is 25.0 Å². The summed E-state index contributed by atoms with van der Waals surface area (Å²) in [7, 11) is 0. The van der Waals surface area contributed by atoms with E-state index in [2.05, 4.69) is 11.9 Å². The lowest BCUT2D eigenvalue weighted by atomic mass is 10.2. The number of nitrogens with two attached hydrogens (primary N) is 1. The second kappa shape index (κ2) is 3.38. The number of hydrogen-bond donors (Lipinski definition) is 1. The molecule has 0 spiro atoms. The lowest BCUT2D eigenvalue weighted by Crippen LogP contribution is -2.11. The Balaban J connectivity index is 2.75. The zero-order chi connectivity index (χ0) is 11.0. The molecular weight excluding hydrogens is 190 g/mol. The van der Waals surface area contributed by atoms with Gasteiger partial charge in [0.15, 0.2) is 5.69 Å². The van der Waals surface area contributed by atoms with E-state index in [9.17, 15) is 4.79 Å². The van der Waals surface area contributed by atoms with Crippen LogP contribution in [0.2, 0.25) is 0 Å². The van der Waals surface area contributed by atoms with Crippen LogP contribution < -0.4 is 5.73 Å². The Kier molecular flexibility index (Phi) is 2.19. The van der Waals surface area contributed by atoms with Crippen molar-refractivity contribution in [2.45, 2.75) is 20.3 Å². The molecule has 0 atom stereocenters. The molecule has 0 saturated carbocycles. The number of amides is 1. The zero-order valence-electron chi connectivity index (χ0n) is 8.82. The Morgan fingerprint density at radius 3 is 2.87 bits per heavy atom. The van der Waals surface area contributed by atoms with Crippen LogP contribution >= 0.6 is 0 Å². The van der Waals surface area contributed by atoms with E-state index in [1.54, 1.807) is 0 Å². The number of imidazole rings is 1. The van der Waals surface area contributed by atoms with Gasteiger partial charge in [-0.25, -0.2) is 4.98 Å². The summed E-state index contributed by atoms with van der Waals surface area (Å²) in [4.78, 5) is 15.3. The highest BCUT2D eigenvalue weighted by molar-refractivity contribution is 5.97. The molecule has 15 heavy (non-hydrogen) atoms. The molecular formula is C11H13N3O. The fraction of sp³-hybridized carbons (Fsp3) is 0.273. The molecule has 0 unspecified atom stereocenters. The Labute approximate surface area is 87.7 Å². The van der Waals surface area contributed by atoms with Gasteiger partial charge in [-0.2, -0.15) is 0 Å². The molecule has 0 fully saturated rings. The average molecular weight is 203 g/mol. The molecule has 0 aliphatic heterocycles. The highest BCUT2D eigenvalue weighted by atomic mass is 16.1. The smallest absolute Gasteiger partial charge is 0.269 e. The summed E-state index contributed by atoms with van der Waals surface area (Å²) >= 11 is 0. The number of rotatable bonds is 2. The third-order valence-electron chi connectivity index (χ3n) is 2.52. The predicted molar refractivity (Wildman–Crippen MR) is 57.8 cm³/mol. The highest BCUT2D eigenvalue weighted by Gasteiger charge is 2.12. The molecule has 4 heteroatoms. The number of aryl methyl sites for hydroxylation is 2. The van der Waals surface area contributed by atoms with Crippen molar-refractivity contribution in [1.29, 1.82) is 0 Å². The van der Waals surface area contributed by atoms with Crippen LogP contribution in [0.3, 0.4) is 0 Å². The highest BCUT2D eigenvalue weighted by Crippen LogP contribution is 2.14. The Bertz CT molecular complexity index is 528. The predicted octanol–water partition coefficient (Wildman–Crippen LogP) is 1.30. The third-order valence-corrected chi connectivity index (χ3v) is 2.52. The van der Waals surface area contributed by atoms with Crippen molar-refractivity contribution in [3.05, 3.63) is 35.4 Å².